The van der Waals surface area contributed by atoms with E-state index < -0.39 is 0 Å². The lowest BCUT2D eigenvalue weighted by Gasteiger charge is -2.32. The largest absolute Gasteiger partial charge is 0.341 e. The Morgan fingerprint density at radius 1 is 1.44 bits per heavy atom. The van der Waals surface area contributed by atoms with Gasteiger partial charge in [0.2, 0.25) is 5.91 Å². The van der Waals surface area contributed by atoms with Crippen LogP contribution in [0, 0.1) is 11.3 Å². The highest BCUT2D eigenvalue weighted by Crippen LogP contribution is 2.11. The molecule has 0 bridgehead atoms. The zero-order valence-electron chi connectivity index (χ0n) is 10.3. The van der Waals surface area contributed by atoms with Gasteiger partial charge in [-0.2, -0.15) is 5.26 Å². The van der Waals surface area contributed by atoms with E-state index in [1.54, 1.807) is 0 Å². The molecule has 0 aliphatic carbocycles. The Balaban J connectivity index is 2.42. The van der Waals surface area contributed by atoms with Gasteiger partial charge in [0, 0.05) is 26.1 Å². The molecule has 1 aliphatic rings. The third kappa shape index (κ3) is 3.49. The first-order valence-corrected chi connectivity index (χ1v) is 6.03. The lowest BCUT2D eigenvalue weighted by atomic mass is 10.1. The SMILES string of the molecule is CC(C(=O)N1CCCCC1)N(C)CCC#N. The number of carbonyl (C=O) groups excluding carboxylic acids is 1. The van der Waals surface area contributed by atoms with E-state index in [2.05, 4.69) is 6.07 Å². The minimum atomic E-state index is -0.105. The van der Waals surface area contributed by atoms with Crippen LogP contribution in [0.1, 0.15) is 32.6 Å². The van der Waals surface area contributed by atoms with E-state index >= 15 is 0 Å². The molecule has 0 saturated carbocycles. The summed E-state index contributed by atoms with van der Waals surface area (Å²) in [7, 11) is 1.91. The second-order valence-electron chi connectivity index (χ2n) is 4.45. The smallest absolute Gasteiger partial charge is 0.239 e. The lowest BCUT2D eigenvalue weighted by Crippen LogP contribution is -2.47. The van der Waals surface area contributed by atoms with Crippen LogP contribution >= 0.6 is 0 Å². The summed E-state index contributed by atoms with van der Waals surface area (Å²) in [4.78, 5) is 16.0. The molecule has 0 N–H and O–H groups in total. The molecule has 1 unspecified atom stereocenters. The third-order valence-electron chi connectivity index (χ3n) is 3.26. The second kappa shape index (κ2) is 6.49. The van der Waals surface area contributed by atoms with Crippen LogP contribution in [0.5, 0.6) is 0 Å². The van der Waals surface area contributed by atoms with Crippen LogP contribution in [-0.4, -0.2) is 48.4 Å². The van der Waals surface area contributed by atoms with Gasteiger partial charge in [0.05, 0.1) is 12.1 Å². The third-order valence-corrected chi connectivity index (χ3v) is 3.26. The van der Waals surface area contributed by atoms with Gasteiger partial charge in [-0.05, 0) is 33.2 Å². The number of amides is 1. The molecule has 0 aromatic rings. The van der Waals surface area contributed by atoms with Crippen molar-refractivity contribution in [3.05, 3.63) is 0 Å². The van der Waals surface area contributed by atoms with Crippen LogP contribution < -0.4 is 0 Å². The molecular weight excluding hydrogens is 202 g/mol. The summed E-state index contributed by atoms with van der Waals surface area (Å²) in [5.41, 5.74) is 0. The Kier molecular flexibility index (Phi) is 5.27. The van der Waals surface area contributed by atoms with Crippen molar-refractivity contribution in [3.8, 4) is 6.07 Å². The highest BCUT2D eigenvalue weighted by molar-refractivity contribution is 5.81. The van der Waals surface area contributed by atoms with E-state index in [0.29, 0.717) is 13.0 Å². The van der Waals surface area contributed by atoms with E-state index in [1.165, 1.54) is 6.42 Å². The predicted octanol–water partition coefficient (Wildman–Crippen LogP) is 1.23. The Hall–Kier alpha value is -1.08. The maximum Gasteiger partial charge on any atom is 0.239 e. The number of nitriles is 1. The topological polar surface area (TPSA) is 47.3 Å². The molecule has 0 aromatic heterocycles. The van der Waals surface area contributed by atoms with Gasteiger partial charge in [-0.15, -0.1) is 0 Å². The number of carbonyl (C=O) groups is 1. The van der Waals surface area contributed by atoms with Gasteiger partial charge >= 0.3 is 0 Å². The van der Waals surface area contributed by atoms with Gasteiger partial charge in [-0.3, -0.25) is 9.69 Å². The fourth-order valence-electron chi connectivity index (χ4n) is 1.99. The zero-order chi connectivity index (χ0) is 12.0. The van der Waals surface area contributed by atoms with Crippen LogP contribution in [0.3, 0.4) is 0 Å². The first-order chi connectivity index (χ1) is 7.66. The molecular formula is C12H21N3O. The van der Waals surface area contributed by atoms with Crippen molar-refractivity contribution in [1.82, 2.24) is 9.80 Å². The molecule has 0 radical (unpaired) electrons. The Labute approximate surface area is 97.8 Å². The van der Waals surface area contributed by atoms with Crippen molar-refractivity contribution in [2.75, 3.05) is 26.7 Å². The summed E-state index contributed by atoms with van der Waals surface area (Å²) in [5, 5.41) is 8.51. The summed E-state index contributed by atoms with van der Waals surface area (Å²) in [6, 6.07) is 2.00. The molecule has 1 rings (SSSR count). The molecule has 1 aliphatic heterocycles. The lowest BCUT2D eigenvalue weighted by molar-refractivity contribution is -0.136. The van der Waals surface area contributed by atoms with E-state index in [-0.39, 0.29) is 11.9 Å². The quantitative estimate of drug-likeness (QED) is 0.720. The highest BCUT2D eigenvalue weighted by Gasteiger charge is 2.24. The maximum atomic E-state index is 12.1. The fraction of sp³-hybridized carbons (Fsp3) is 0.833. The normalized spacial score (nSPS) is 18.2. The van der Waals surface area contributed by atoms with Crippen molar-refractivity contribution in [2.45, 2.75) is 38.6 Å². The molecule has 4 nitrogen and oxygen atoms in total. The maximum absolute atomic E-state index is 12.1. The van der Waals surface area contributed by atoms with E-state index in [4.69, 9.17) is 5.26 Å². The summed E-state index contributed by atoms with van der Waals surface area (Å²) >= 11 is 0. The number of hydrogen-bond donors (Lipinski definition) is 0. The zero-order valence-corrected chi connectivity index (χ0v) is 10.3. The van der Waals surface area contributed by atoms with Crippen molar-refractivity contribution >= 4 is 5.91 Å². The average molecular weight is 223 g/mol. The number of nitrogens with zero attached hydrogens (tertiary/aromatic N) is 3. The van der Waals surface area contributed by atoms with Gasteiger partial charge in [-0.25, -0.2) is 0 Å². The first kappa shape index (κ1) is 13.0. The standard InChI is InChI=1S/C12H21N3O/c1-11(14(2)8-6-7-13)12(16)15-9-4-3-5-10-15/h11H,3-6,8-10H2,1-2H3. The van der Waals surface area contributed by atoms with Gasteiger partial charge in [0.15, 0.2) is 0 Å². The first-order valence-electron chi connectivity index (χ1n) is 6.03. The fourth-order valence-corrected chi connectivity index (χ4v) is 1.99. The molecule has 0 aromatic carbocycles. The van der Waals surface area contributed by atoms with Crippen LogP contribution in [0.15, 0.2) is 0 Å². The average Bonchev–Trinajstić information content (AvgIpc) is 2.35. The van der Waals surface area contributed by atoms with Crippen LogP contribution in [-0.2, 0) is 4.79 Å². The minimum absolute atomic E-state index is 0.105. The number of rotatable bonds is 4. The van der Waals surface area contributed by atoms with Crippen molar-refractivity contribution in [3.63, 3.8) is 0 Å². The van der Waals surface area contributed by atoms with Crippen molar-refractivity contribution in [1.29, 1.82) is 5.26 Å². The molecule has 1 atom stereocenters. The molecule has 16 heavy (non-hydrogen) atoms. The van der Waals surface area contributed by atoms with E-state index in [1.807, 2.05) is 23.8 Å². The van der Waals surface area contributed by atoms with Gasteiger partial charge in [0.25, 0.3) is 0 Å². The molecule has 0 spiro atoms. The molecule has 1 amide bonds. The Morgan fingerprint density at radius 2 is 2.06 bits per heavy atom. The monoisotopic (exact) mass is 223 g/mol. The van der Waals surface area contributed by atoms with Crippen LogP contribution in [0.25, 0.3) is 0 Å². The van der Waals surface area contributed by atoms with Crippen LogP contribution in [0.2, 0.25) is 0 Å². The van der Waals surface area contributed by atoms with Gasteiger partial charge in [-0.1, -0.05) is 0 Å². The summed E-state index contributed by atoms with van der Waals surface area (Å²) in [6.07, 6.45) is 3.97. The molecule has 90 valence electrons. The molecule has 4 heteroatoms. The Morgan fingerprint density at radius 3 is 2.62 bits per heavy atom. The van der Waals surface area contributed by atoms with Crippen molar-refractivity contribution < 1.29 is 4.79 Å². The summed E-state index contributed by atoms with van der Waals surface area (Å²) < 4.78 is 0. The molecule has 1 saturated heterocycles. The van der Waals surface area contributed by atoms with E-state index in [9.17, 15) is 4.79 Å². The van der Waals surface area contributed by atoms with E-state index in [0.717, 1.165) is 25.9 Å². The minimum Gasteiger partial charge on any atom is -0.341 e. The second-order valence-corrected chi connectivity index (χ2v) is 4.45. The summed E-state index contributed by atoms with van der Waals surface area (Å²) in [6.45, 7) is 4.39. The van der Waals surface area contributed by atoms with Crippen LogP contribution in [0.4, 0.5) is 0 Å². The summed E-state index contributed by atoms with van der Waals surface area (Å²) in [5.74, 6) is 0.208. The van der Waals surface area contributed by atoms with Gasteiger partial charge in [0.1, 0.15) is 0 Å². The Bertz CT molecular complexity index is 266. The van der Waals surface area contributed by atoms with Gasteiger partial charge < -0.3 is 4.90 Å². The molecule has 1 fully saturated rings. The number of piperidine rings is 1. The highest BCUT2D eigenvalue weighted by atomic mass is 16.2. The predicted molar refractivity (Wildman–Crippen MR) is 62.8 cm³/mol. The number of hydrogen-bond acceptors (Lipinski definition) is 3. The number of likely N-dealkylation sites (N-methyl/N-ethyl adjacent to an activating group) is 1. The molecule has 1 heterocycles. The number of likely N-dealkylation sites (tertiary alicyclic amines) is 1. The van der Waals surface area contributed by atoms with Crippen molar-refractivity contribution in [2.24, 2.45) is 0 Å².